The van der Waals surface area contributed by atoms with Gasteiger partial charge in [0.25, 0.3) is 5.69 Å². The number of carbonyl (C=O) groups is 2. The van der Waals surface area contributed by atoms with E-state index in [-0.39, 0.29) is 23.4 Å². The van der Waals surface area contributed by atoms with Crippen LogP contribution < -0.4 is 5.32 Å². The number of carbonyl (C=O) groups excluding carboxylic acids is 2. The number of esters is 1. The average molecular weight is 352 g/mol. The van der Waals surface area contributed by atoms with E-state index in [4.69, 9.17) is 9.47 Å². The molecule has 25 heavy (non-hydrogen) atoms. The van der Waals surface area contributed by atoms with Crippen LogP contribution in [0.2, 0.25) is 0 Å². The van der Waals surface area contributed by atoms with Crippen LogP contribution in [0.15, 0.2) is 18.2 Å². The van der Waals surface area contributed by atoms with E-state index in [1.54, 1.807) is 41.5 Å². The predicted octanol–water partition coefficient (Wildman–Crippen LogP) is 3.57. The monoisotopic (exact) mass is 352 g/mol. The number of nitrogens with one attached hydrogen (secondary N) is 1. The van der Waals surface area contributed by atoms with Crippen molar-refractivity contribution in [2.24, 2.45) is 0 Å². The molecule has 0 atom stereocenters. The smallest absolute Gasteiger partial charge is 0.407 e. The van der Waals surface area contributed by atoms with E-state index < -0.39 is 28.2 Å². The van der Waals surface area contributed by atoms with Crippen LogP contribution in [0.4, 0.5) is 10.5 Å². The number of rotatable bonds is 4. The summed E-state index contributed by atoms with van der Waals surface area (Å²) < 4.78 is 10.3. The summed E-state index contributed by atoms with van der Waals surface area (Å²) >= 11 is 0. The van der Waals surface area contributed by atoms with Gasteiger partial charge in [-0.25, -0.2) is 9.59 Å². The minimum absolute atomic E-state index is 0.0719. The first-order chi connectivity index (χ1) is 11.3. The predicted molar refractivity (Wildman–Crippen MR) is 91.3 cm³/mol. The summed E-state index contributed by atoms with van der Waals surface area (Å²) in [6.07, 6.45) is -0.682. The molecule has 0 radical (unpaired) electrons. The largest absolute Gasteiger partial charge is 0.456 e. The quantitative estimate of drug-likeness (QED) is 0.504. The first-order valence-corrected chi connectivity index (χ1v) is 7.76. The first-order valence-electron chi connectivity index (χ1n) is 7.76. The van der Waals surface area contributed by atoms with Gasteiger partial charge in [-0.2, -0.15) is 0 Å². The number of hydrogen-bond acceptors (Lipinski definition) is 6. The van der Waals surface area contributed by atoms with Crippen LogP contribution in [0, 0.1) is 10.1 Å². The van der Waals surface area contributed by atoms with Crippen LogP contribution >= 0.6 is 0 Å². The number of nitro benzene ring substituents is 1. The van der Waals surface area contributed by atoms with E-state index in [1.165, 1.54) is 12.1 Å². The Bertz CT molecular complexity index is 671. The minimum Gasteiger partial charge on any atom is -0.456 e. The number of alkyl carbamates (subject to hydrolysis) is 1. The van der Waals surface area contributed by atoms with Crippen molar-refractivity contribution in [1.82, 2.24) is 5.32 Å². The van der Waals surface area contributed by atoms with Gasteiger partial charge in [0.1, 0.15) is 11.2 Å². The molecule has 0 aliphatic rings. The molecule has 0 spiro atoms. The molecule has 0 heterocycles. The van der Waals surface area contributed by atoms with Gasteiger partial charge in [-0.15, -0.1) is 0 Å². The molecule has 0 saturated heterocycles. The Hall–Kier alpha value is -2.64. The number of nitro groups is 1. The summed E-state index contributed by atoms with van der Waals surface area (Å²) in [7, 11) is 0. The topological polar surface area (TPSA) is 108 Å². The fraction of sp³-hybridized carbons (Fsp3) is 0.529. The number of nitrogens with zero attached hydrogens (tertiary/aromatic N) is 1. The van der Waals surface area contributed by atoms with Gasteiger partial charge in [0, 0.05) is 11.6 Å². The lowest BCUT2D eigenvalue weighted by Crippen LogP contribution is -2.32. The number of ether oxygens (including phenoxy) is 2. The molecule has 0 fully saturated rings. The molecular weight excluding hydrogens is 328 g/mol. The van der Waals surface area contributed by atoms with Crippen LogP contribution in [0.25, 0.3) is 0 Å². The summed E-state index contributed by atoms with van der Waals surface area (Å²) in [4.78, 5) is 34.4. The Balaban J connectivity index is 2.93. The Morgan fingerprint density at radius 1 is 1.08 bits per heavy atom. The number of benzene rings is 1. The van der Waals surface area contributed by atoms with Crippen LogP contribution in [0.5, 0.6) is 0 Å². The van der Waals surface area contributed by atoms with Crippen LogP contribution in [0.3, 0.4) is 0 Å². The second-order valence-corrected chi connectivity index (χ2v) is 7.46. The van der Waals surface area contributed by atoms with Crippen molar-refractivity contribution in [2.45, 2.75) is 59.3 Å². The van der Waals surface area contributed by atoms with Gasteiger partial charge in [0.2, 0.25) is 0 Å². The summed E-state index contributed by atoms with van der Waals surface area (Å²) in [6.45, 7) is 10.2. The molecule has 1 amide bonds. The molecule has 8 nitrogen and oxygen atoms in total. The van der Waals surface area contributed by atoms with Gasteiger partial charge >= 0.3 is 12.1 Å². The SMILES string of the molecule is CC(C)(C)OC(=O)NCc1ccc(C(=O)OC(C)(C)C)cc1[N+](=O)[O-]. The molecule has 138 valence electrons. The molecular formula is C17H24N2O6. The second-order valence-electron chi connectivity index (χ2n) is 7.46. The van der Waals surface area contributed by atoms with Gasteiger partial charge in [0.05, 0.1) is 17.0 Å². The fourth-order valence-electron chi connectivity index (χ4n) is 1.83. The van der Waals surface area contributed by atoms with Crippen molar-refractivity contribution in [3.05, 3.63) is 39.4 Å². The van der Waals surface area contributed by atoms with E-state index in [9.17, 15) is 19.7 Å². The molecule has 1 rings (SSSR count). The Labute approximate surface area is 146 Å². The van der Waals surface area contributed by atoms with Crippen molar-refractivity contribution in [2.75, 3.05) is 0 Å². The van der Waals surface area contributed by atoms with Crippen molar-refractivity contribution < 1.29 is 24.0 Å². The third-order valence-electron chi connectivity index (χ3n) is 2.74. The van der Waals surface area contributed by atoms with Crippen LogP contribution in [-0.2, 0) is 16.0 Å². The Morgan fingerprint density at radius 2 is 1.64 bits per heavy atom. The summed E-state index contributed by atoms with van der Waals surface area (Å²) in [5, 5.41) is 13.7. The highest BCUT2D eigenvalue weighted by atomic mass is 16.6. The van der Waals surface area contributed by atoms with Gasteiger partial charge in [-0.3, -0.25) is 10.1 Å². The Morgan fingerprint density at radius 3 is 2.12 bits per heavy atom. The molecule has 0 saturated carbocycles. The molecule has 0 aromatic heterocycles. The molecule has 1 aromatic rings. The van der Waals surface area contributed by atoms with Crippen molar-refractivity contribution in [3.8, 4) is 0 Å². The molecule has 0 aliphatic carbocycles. The summed E-state index contributed by atoms with van der Waals surface area (Å²) in [5.41, 5.74) is -1.33. The maximum atomic E-state index is 12.0. The highest BCUT2D eigenvalue weighted by molar-refractivity contribution is 5.90. The van der Waals surface area contributed by atoms with Gasteiger partial charge in [-0.05, 0) is 53.7 Å². The zero-order valence-corrected chi connectivity index (χ0v) is 15.3. The highest BCUT2D eigenvalue weighted by Gasteiger charge is 2.23. The van der Waals surface area contributed by atoms with E-state index in [2.05, 4.69) is 5.32 Å². The zero-order chi connectivity index (χ0) is 19.4. The summed E-state index contributed by atoms with van der Waals surface area (Å²) in [6, 6.07) is 3.97. The van der Waals surface area contributed by atoms with Gasteiger partial charge < -0.3 is 14.8 Å². The third-order valence-corrected chi connectivity index (χ3v) is 2.74. The summed E-state index contributed by atoms with van der Waals surface area (Å²) in [5.74, 6) is -0.651. The first kappa shape index (κ1) is 20.4. The Kier molecular flexibility index (Phi) is 6.12. The lowest BCUT2D eigenvalue weighted by atomic mass is 10.1. The maximum absolute atomic E-state index is 12.0. The van der Waals surface area contributed by atoms with Gasteiger partial charge in [0.15, 0.2) is 0 Å². The lowest BCUT2D eigenvalue weighted by molar-refractivity contribution is -0.385. The number of amides is 1. The van der Waals surface area contributed by atoms with Crippen LogP contribution in [0.1, 0.15) is 57.5 Å². The molecule has 0 bridgehead atoms. The zero-order valence-electron chi connectivity index (χ0n) is 15.3. The average Bonchev–Trinajstić information content (AvgIpc) is 2.41. The fourth-order valence-corrected chi connectivity index (χ4v) is 1.83. The van der Waals surface area contributed by atoms with Crippen LogP contribution in [-0.4, -0.2) is 28.2 Å². The van der Waals surface area contributed by atoms with E-state index >= 15 is 0 Å². The number of hydrogen-bond donors (Lipinski definition) is 1. The standard InChI is InChI=1S/C17H24N2O6/c1-16(2,3)24-14(20)11-7-8-12(13(9-11)19(22)23)10-18-15(21)25-17(4,5)6/h7-9H,10H2,1-6H3,(H,18,21). The van der Waals surface area contributed by atoms with Crippen molar-refractivity contribution in [3.63, 3.8) is 0 Å². The van der Waals surface area contributed by atoms with Crippen molar-refractivity contribution in [1.29, 1.82) is 0 Å². The van der Waals surface area contributed by atoms with E-state index in [1.807, 2.05) is 0 Å². The molecule has 0 aliphatic heterocycles. The highest BCUT2D eigenvalue weighted by Crippen LogP contribution is 2.22. The molecule has 1 aromatic carbocycles. The second kappa shape index (κ2) is 7.50. The van der Waals surface area contributed by atoms with Gasteiger partial charge in [-0.1, -0.05) is 0 Å². The normalized spacial score (nSPS) is 11.6. The lowest BCUT2D eigenvalue weighted by Gasteiger charge is -2.20. The van der Waals surface area contributed by atoms with E-state index in [0.29, 0.717) is 0 Å². The molecule has 1 N–H and O–H groups in total. The minimum atomic E-state index is -0.706. The molecule has 8 heteroatoms. The maximum Gasteiger partial charge on any atom is 0.407 e. The van der Waals surface area contributed by atoms with E-state index in [0.717, 1.165) is 6.07 Å². The molecule has 0 unspecified atom stereocenters. The van der Waals surface area contributed by atoms with Crippen molar-refractivity contribution >= 4 is 17.7 Å². The third kappa shape index (κ3) is 7.19.